The van der Waals surface area contributed by atoms with Crippen molar-refractivity contribution < 1.29 is 0 Å². The molecule has 0 aromatic carbocycles. The van der Waals surface area contributed by atoms with Crippen molar-refractivity contribution >= 4 is 11.3 Å². The number of aromatic nitrogens is 3. The standard InChI is InChI=1S/C15H24N4S/c1-5-7-16-13(14-8-11(3)12(4)20-14)9-15-17-10-18-19(15)6-2/h8,10,13,16H,5-7,9H2,1-4H3. The van der Waals surface area contributed by atoms with E-state index in [-0.39, 0.29) is 0 Å². The normalized spacial score (nSPS) is 12.8. The van der Waals surface area contributed by atoms with Crippen molar-refractivity contribution in [1.29, 1.82) is 0 Å². The molecular formula is C15H24N4S. The lowest BCUT2D eigenvalue weighted by Crippen LogP contribution is -2.24. The predicted molar refractivity (Wildman–Crippen MR) is 84.2 cm³/mol. The highest BCUT2D eigenvalue weighted by molar-refractivity contribution is 7.12. The molecule has 1 atom stereocenters. The lowest BCUT2D eigenvalue weighted by Gasteiger charge is -2.17. The molecule has 110 valence electrons. The van der Waals surface area contributed by atoms with E-state index in [1.54, 1.807) is 6.33 Å². The Morgan fingerprint density at radius 3 is 2.75 bits per heavy atom. The van der Waals surface area contributed by atoms with E-state index in [4.69, 9.17) is 0 Å². The lowest BCUT2D eigenvalue weighted by atomic mass is 10.1. The van der Waals surface area contributed by atoms with Crippen LogP contribution in [0.15, 0.2) is 12.4 Å². The Morgan fingerprint density at radius 2 is 2.15 bits per heavy atom. The van der Waals surface area contributed by atoms with Gasteiger partial charge in [0, 0.05) is 28.8 Å². The number of aryl methyl sites for hydroxylation is 3. The highest BCUT2D eigenvalue weighted by Gasteiger charge is 2.17. The van der Waals surface area contributed by atoms with Gasteiger partial charge in [-0.15, -0.1) is 11.3 Å². The largest absolute Gasteiger partial charge is 0.309 e. The molecule has 0 spiro atoms. The minimum Gasteiger partial charge on any atom is -0.309 e. The van der Waals surface area contributed by atoms with Crippen molar-refractivity contribution in [2.45, 2.75) is 53.1 Å². The number of nitrogens with one attached hydrogen (secondary N) is 1. The molecule has 0 amide bonds. The van der Waals surface area contributed by atoms with E-state index in [1.165, 1.54) is 15.3 Å². The van der Waals surface area contributed by atoms with Crippen molar-refractivity contribution in [3.05, 3.63) is 33.5 Å². The zero-order valence-corrected chi connectivity index (χ0v) is 13.6. The third-order valence-electron chi connectivity index (χ3n) is 3.55. The fourth-order valence-electron chi connectivity index (χ4n) is 2.26. The monoisotopic (exact) mass is 292 g/mol. The zero-order valence-electron chi connectivity index (χ0n) is 12.8. The van der Waals surface area contributed by atoms with Gasteiger partial charge in [-0.2, -0.15) is 5.10 Å². The molecule has 2 rings (SSSR count). The summed E-state index contributed by atoms with van der Waals surface area (Å²) in [6, 6.07) is 2.64. The van der Waals surface area contributed by atoms with Gasteiger partial charge in [0.25, 0.3) is 0 Å². The lowest BCUT2D eigenvalue weighted by molar-refractivity contribution is 0.502. The SMILES string of the molecule is CCCNC(Cc1ncnn1CC)c1cc(C)c(C)s1. The molecule has 0 aliphatic rings. The fraction of sp³-hybridized carbons (Fsp3) is 0.600. The highest BCUT2D eigenvalue weighted by atomic mass is 32.1. The first-order chi connectivity index (χ1) is 9.65. The molecular weight excluding hydrogens is 268 g/mol. The third-order valence-corrected chi connectivity index (χ3v) is 4.82. The first kappa shape index (κ1) is 15.2. The molecule has 0 aliphatic carbocycles. The van der Waals surface area contributed by atoms with Gasteiger partial charge in [-0.05, 0) is 45.4 Å². The van der Waals surface area contributed by atoms with Crippen LogP contribution in [-0.2, 0) is 13.0 Å². The van der Waals surface area contributed by atoms with Crippen molar-refractivity contribution in [3.63, 3.8) is 0 Å². The van der Waals surface area contributed by atoms with Gasteiger partial charge in [-0.1, -0.05) is 6.92 Å². The summed E-state index contributed by atoms with van der Waals surface area (Å²) in [6.07, 6.45) is 3.69. The molecule has 0 saturated carbocycles. The second kappa shape index (κ2) is 6.99. The Labute approximate surface area is 125 Å². The molecule has 0 saturated heterocycles. The van der Waals surface area contributed by atoms with E-state index in [0.29, 0.717) is 6.04 Å². The summed E-state index contributed by atoms with van der Waals surface area (Å²) in [5, 5.41) is 7.91. The second-order valence-electron chi connectivity index (χ2n) is 5.09. The summed E-state index contributed by atoms with van der Waals surface area (Å²) in [5.41, 5.74) is 1.38. The molecule has 0 aliphatic heterocycles. The molecule has 5 heteroatoms. The zero-order chi connectivity index (χ0) is 14.5. The smallest absolute Gasteiger partial charge is 0.138 e. The molecule has 0 radical (unpaired) electrons. The van der Waals surface area contributed by atoms with Gasteiger partial charge in [-0.25, -0.2) is 4.98 Å². The Hall–Kier alpha value is -1.20. The predicted octanol–water partition coefficient (Wildman–Crippen LogP) is 3.26. The first-order valence-electron chi connectivity index (χ1n) is 7.32. The van der Waals surface area contributed by atoms with Gasteiger partial charge >= 0.3 is 0 Å². The van der Waals surface area contributed by atoms with Crippen LogP contribution in [0.4, 0.5) is 0 Å². The molecule has 0 fully saturated rings. The van der Waals surface area contributed by atoms with E-state index in [9.17, 15) is 0 Å². The summed E-state index contributed by atoms with van der Waals surface area (Å²) in [5.74, 6) is 1.06. The Bertz CT molecular complexity index is 524. The van der Waals surface area contributed by atoms with Crippen LogP contribution >= 0.6 is 11.3 Å². The molecule has 2 aromatic rings. The minimum atomic E-state index is 0.335. The van der Waals surface area contributed by atoms with Gasteiger partial charge in [0.2, 0.25) is 0 Å². The summed E-state index contributed by atoms with van der Waals surface area (Å²) < 4.78 is 1.98. The van der Waals surface area contributed by atoms with E-state index in [2.05, 4.69) is 49.2 Å². The van der Waals surface area contributed by atoms with Gasteiger partial charge in [-0.3, -0.25) is 4.68 Å². The molecule has 4 nitrogen and oxygen atoms in total. The summed E-state index contributed by atoms with van der Waals surface area (Å²) >= 11 is 1.89. The van der Waals surface area contributed by atoms with Gasteiger partial charge in [0.05, 0.1) is 0 Å². The molecule has 20 heavy (non-hydrogen) atoms. The Morgan fingerprint density at radius 1 is 1.35 bits per heavy atom. The third kappa shape index (κ3) is 3.46. The number of hydrogen-bond donors (Lipinski definition) is 1. The second-order valence-corrected chi connectivity index (χ2v) is 6.38. The molecule has 1 unspecified atom stereocenters. The number of nitrogens with zero attached hydrogens (tertiary/aromatic N) is 3. The topological polar surface area (TPSA) is 42.7 Å². The van der Waals surface area contributed by atoms with Crippen molar-refractivity contribution in [3.8, 4) is 0 Å². The van der Waals surface area contributed by atoms with Crippen LogP contribution in [0.3, 0.4) is 0 Å². The summed E-state index contributed by atoms with van der Waals surface area (Å²) in [6.45, 7) is 10.6. The highest BCUT2D eigenvalue weighted by Crippen LogP contribution is 2.28. The van der Waals surface area contributed by atoms with Crippen molar-refractivity contribution in [1.82, 2.24) is 20.1 Å². The minimum absolute atomic E-state index is 0.335. The first-order valence-corrected chi connectivity index (χ1v) is 8.14. The van der Waals surface area contributed by atoms with E-state index >= 15 is 0 Å². The van der Waals surface area contributed by atoms with Crippen LogP contribution in [-0.4, -0.2) is 21.3 Å². The van der Waals surface area contributed by atoms with Crippen LogP contribution in [0.1, 0.15) is 47.5 Å². The van der Waals surface area contributed by atoms with Gasteiger partial charge in [0.1, 0.15) is 12.2 Å². The quantitative estimate of drug-likeness (QED) is 0.852. The van der Waals surface area contributed by atoms with Gasteiger partial charge < -0.3 is 5.32 Å². The Kier molecular flexibility index (Phi) is 5.31. The molecule has 0 bridgehead atoms. The maximum absolute atomic E-state index is 4.41. The van der Waals surface area contributed by atoms with Crippen LogP contribution < -0.4 is 5.32 Å². The average Bonchev–Trinajstić information content (AvgIpc) is 3.01. The van der Waals surface area contributed by atoms with Crippen LogP contribution in [0.25, 0.3) is 0 Å². The summed E-state index contributed by atoms with van der Waals surface area (Å²) in [4.78, 5) is 7.21. The molecule has 2 heterocycles. The van der Waals surface area contributed by atoms with Crippen molar-refractivity contribution in [2.24, 2.45) is 0 Å². The molecule has 1 N–H and O–H groups in total. The summed E-state index contributed by atoms with van der Waals surface area (Å²) in [7, 11) is 0. The maximum atomic E-state index is 4.41. The van der Waals surface area contributed by atoms with Crippen molar-refractivity contribution in [2.75, 3.05) is 6.54 Å². The van der Waals surface area contributed by atoms with Gasteiger partial charge in [0.15, 0.2) is 0 Å². The van der Waals surface area contributed by atoms with E-state index in [0.717, 1.165) is 31.8 Å². The van der Waals surface area contributed by atoms with E-state index < -0.39 is 0 Å². The van der Waals surface area contributed by atoms with Crippen LogP contribution in [0.5, 0.6) is 0 Å². The maximum Gasteiger partial charge on any atom is 0.138 e. The Balaban J connectivity index is 2.19. The van der Waals surface area contributed by atoms with Crippen LogP contribution in [0, 0.1) is 13.8 Å². The average molecular weight is 292 g/mol. The number of thiophene rings is 1. The fourth-order valence-corrected chi connectivity index (χ4v) is 3.38. The number of rotatable bonds is 7. The molecule has 2 aromatic heterocycles. The number of hydrogen-bond acceptors (Lipinski definition) is 4. The van der Waals surface area contributed by atoms with Crippen LogP contribution in [0.2, 0.25) is 0 Å². The van der Waals surface area contributed by atoms with E-state index in [1.807, 2.05) is 16.0 Å².